The van der Waals surface area contributed by atoms with Gasteiger partial charge in [-0.15, -0.1) is 0 Å². The topological polar surface area (TPSA) is 709 Å². The Hall–Kier alpha value is 1.02. The molecular formula is C34H83N5O37P10. The van der Waals surface area contributed by atoms with Gasteiger partial charge in [0.15, 0.2) is 0 Å². The molecule has 0 aromatic heterocycles. The molecule has 1 unspecified atom stereocenters. The fraction of sp³-hybridized carbons (Fsp3) is 1.00. The van der Waals surface area contributed by atoms with E-state index in [0.717, 1.165) is 32.7 Å². The summed E-state index contributed by atoms with van der Waals surface area (Å²) in [6, 6.07) is 0. The van der Waals surface area contributed by atoms with Crippen LogP contribution in [0.4, 0.5) is 0 Å². The van der Waals surface area contributed by atoms with E-state index >= 15 is 0 Å². The monoisotopic (exact) mass is 1460 g/mol. The van der Waals surface area contributed by atoms with Gasteiger partial charge in [0.2, 0.25) is 0 Å². The van der Waals surface area contributed by atoms with Crippen molar-refractivity contribution < 1.29 is 176 Å². The maximum Gasteiger partial charge on any atom is 0.398 e. The zero-order valence-electron chi connectivity index (χ0n) is 46.6. The highest BCUT2D eigenvalue weighted by Gasteiger charge is 2.71. The fourth-order valence-electron chi connectivity index (χ4n) is 10.4. The van der Waals surface area contributed by atoms with Crippen LogP contribution < -0.4 is 0 Å². The van der Waals surface area contributed by atoms with E-state index in [2.05, 4.69) is 0 Å². The van der Waals surface area contributed by atoms with Gasteiger partial charge in [-0.25, -0.2) is 0 Å². The van der Waals surface area contributed by atoms with E-state index in [9.17, 15) is 111 Å². The van der Waals surface area contributed by atoms with Gasteiger partial charge in [0.25, 0.3) is 26.1 Å². The molecule has 5 rings (SSSR count). The normalized spacial score (nSPS) is 24.2. The fourth-order valence-corrected chi connectivity index (χ4v) is 25.6. The van der Waals surface area contributed by atoms with E-state index in [0.29, 0.717) is 58.8 Å². The molecule has 0 aromatic rings. The molecule has 0 saturated carbocycles. The maximum atomic E-state index is 12.6. The van der Waals surface area contributed by atoms with Gasteiger partial charge in [-0.1, -0.05) is 6.42 Å². The van der Waals surface area contributed by atoms with Crippen molar-refractivity contribution in [2.24, 2.45) is 0 Å². The van der Waals surface area contributed by atoms with Crippen molar-refractivity contribution >= 4 is 76.0 Å². The minimum atomic E-state index is -5.30. The summed E-state index contributed by atoms with van der Waals surface area (Å²) in [4.78, 5) is 183. The molecule has 0 aromatic carbocycles. The SMILES string of the molecule is CC([N+]1([O-])CCCCCC1)(P(=O)(O)O)P(=O)(O)O.CC([N+]1([O-])CCOCC1)(P(=O)(O)O)P(=O)(O)O.C[N+]1([O-])CCCCCCC1(P(=O)(O)O)P(=O)(O)O.O=P(O)(O)C([N+]1([O-])CCCCCC1)P(=O)(O)O.O=P(O)(O)C([N+]1([O-])CCOCC1)P(=O)(O)O. The van der Waals surface area contributed by atoms with Gasteiger partial charge in [0.05, 0.1) is 66.2 Å². The lowest BCUT2D eigenvalue weighted by molar-refractivity contribution is -0.910. The van der Waals surface area contributed by atoms with Gasteiger partial charge in [-0.3, -0.25) is 45.7 Å². The lowest BCUT2D eigenvalue weighted by Crippen LogP contribution is -2.62. The number of hydroxylamine groups is 15. The third-order valence-corrected chi connectivity index (χ3v) is 36.8. The van der Waals surface area contributed by atoms with Crippen LogP contribution in [0.15, 0.2) is 0 Å². The molecule has 0 bridgehead atoms. The highest BCUT2D eigenvalue weighted by Crippen LogP contribution is 2.76. The predicted molar refractivity (Wildman–Crippen MR) is 297 cm³/mol. The van der Waals surface area contributed by atoms with Crippen LogP contribution in [0.25, 0.3) is 0 Å². The summed E-state index contributed by atoms with van der Waals surface area (Å²) in [6.45, 7) is -1.55. The molecule has 1 atom stereocenters. The number of nitrogens with zero attached hydrogens (tertiary/aromatic N) is 5. The van der Waals surface area contributed by atoms with Crippen LogP contribution in [0.5, 0.6) is 0 Å². The zero-order chi connectivity index (χ0) is 68.0. The standard InChI is InChI=1S/2C8H19NO7P2.C7H17NO7P2.C6H15NO8P2.C5H13NO8P2/c1-9(10)7-5-3-2-4-6-8(9,17(11,12)13)18(14,15)16;1-8(17(11,12)13,18(14,15)16)9(10)6-4-2-3-5-7-9;9-8(5-3-1-2-4-6-8)7(16(10,11)12)17(13,14)15;1-6(16(9,10)11,17(12,13)14)7(8)2-4-15-5-3-7;7-6(1-3-14-4-2-6)5(15(8,9)10)16(11,12)13/h2*2-7H2,1H3,(H2,11,12,13)(H2,14,15,16);7H,1-6H2,(H2,10,11,12)(H2,13,14,15);2-5H2,1H3,(H2,9,10,11)(H2,12,13,14);5H,1-4H2,(H2,8,9,10)(H2,11,12,13). The van der Waals surface area contributed by atoms with Crippen molar-refractivity contribution in [1.29, 1.82) is 0 Å². The van der Waals surface area contributed by atoms with Crippen molar-refractivity contribution in [3.05, 3.63) is 26.0 Å². The first-order chi connectivity index (χ1) is 38.0. The molecule has 20 N–H and O–H groups in total. The van der Waals surface area contributed by atoms with E-state index < -0.39 is 145 Å². The van der Waals surface area contributed by atoms with E-state index in [1.807, 2.05) is 0 Å². The summed E-state index contributed by atoms with van der Waals surface area (Å²) in [7, 11) is -51.4. The number of ether oxygens (including phenoxy) is 2. The average molecular weight is 1460 g/mol. The zero-order valence-corrected chi connectivity index (χ0v) is 55.6. The van der Waals surface area contributed by atoms with Gasteiger partial charge in [0, 0.05) is 20.3 Å². The number of rotatable bonds is 14. The van der Waals surface area contributed by atoms with E-state index in [1.165, 1.54) is 0 Å². The Bertz CT molecular complexity index is 2600. The highest BCUT2D eigenvalue weighted by molar-refractivity contribution is 7.73. The predicted octanol–water partition coefficient (Wildman–Crippen LogP) is 0.653. The molecule has 86 heavy (non-hydrogen) atoms. The van der Waals surface area contributed by atoms with E-state index in [4.69, 9.17) is 68.2 Å². The first-order valence-electron chi connectivity index (χ1n) is 25.6. The van der Waals surface area contributed by atoms with Crippen molar-refractivity contribution in [3.8, 4) is 0 Å². The number of hydrogen-bond acceptors (Lipinski definition) is 17. The summed E-state index contributed by atoms with van der Waals surface area (Å²) in [5.74, 6) is 0. The Morgan fingerprint density at radius 2 is 0.581 bits per heavy atom. The second-order valence-corrected chi connectivity index (χ2v) is 41.6. The molecule has 516 valence electrons. The molecule has 5 aliphatic heterocycles. The largest absolute Gasteiger partial charge is 0.632 e. The number of quaternary nitrogens is 5. The van der Waals surface area contributed by atoms with E-state index in [-0.39, 0.29) is 78.7 Å². The van der Waals surface area contributed by atoms with Crippen LogP contribution in [-0.2, 0) is 55.1 Å². The van der Waals surface area contributed by atoms with Crippen LogP contribution >= 0.6 is 76.0 Å². The van der Waals surface area contributed by atoms with Crippen molar-refractivity contribution in [2.45, 2.75) is 123 Å². The van der Waals surface area contributed by atoms with Gasteiger partial charge in [-0.2, -0.15) is 0 Å². The first-order valence-corrected chi connectivity index (χ1v) is 42.0. The molecule has 52 heteroatoms. The molecule has 5 aliphatic rings. The smallest absolute Gasteiger partial charge is 0.398 e. The average Bonchev–Trinajstić information content (AvgIpc) is 3.61. The minimum Gasteiger partial charge on any atom is -0.632 e. The molecule has 5 saturated heterocycles. The number of hydrogen-bond donors (Lipinski definition) is 20. The summed E-state index contributed by atoms with van der Waals surface area (Å²) in [6.07, 6.45) is 6.00. The minimum absolute atomic E-state index is 0.0833. The molecule has 42 nitrogen and oxygen atoms in total. The molecule has 5 fully saturated rings. The third-order valence-electron chi connectivity index (χ3n) is 15.4. The van der Waals surface area contributed by atoms with Crippen molar-refractivity contribution in [1.82, 2.24) is 0 Å². The summed E-state index contributed by atoms with van der Waals surface area (Å²) in [5.41, 5.74) is -5.03. The van der Waals surface area contributed by atoms with Crippen LogP contribution in [0.2, 0.25) is 0 Å². The van der Waals surface area contributed by atoms with Crippen LogP contribution in [-0.4, -0.2) is 240 Å². The van der Waals surface area contributed by atoms with Crippen molar-refractivity contribution in [3.63, 3.8) is 0 Å². The van der Waals surface area contributed by atoms with Crippen LogP contribution in [0.1, 0.15) is 97.3 Å². The Morgan fingerprint density at radius 3 is 0.849 bits per heavy atom. The van der Waals surface area contributed by atoms with Crippen LogP contribution in [0.3, 0.4) is 0 Å². The Balaban J connectivity index is 0.000000538. The highest BCUT2D eigenvalue weighted by atomic mass is 31.3. The Morgan fingerprint density at radius 1 is 0.349 bits per heavy atom. The lowest BCUT2D eigenvalue weighted by Gasteiger charge is -2.55. The number of likely N-dealkylation sites (tertiary alicyclic amines) is 3. The molecule has 0 spiro atoms. The summed E-state index contributed by atoms with van der Waals surface area (Å²) >= 11 is 0. The second-order valence-electron chi connectivity index (χ2n) is 21.5. The summed E-state index contributed by atoms with van der Waals surface area (Å²) in [5, 5.41) is 52.8. The van der Waals surface area contributed by atoms with Gasteiger partial charge in [-0.05, 0) is 70.6 Å². The summed E-state index contributed by atoms with van der Waals surface area (Å²) < 4.78 is 115. The van der Waals surface area contributed by atoms with E-state index in [1.54, 1.807) is 0 Å². The van der Waals surface area contributed by atoms with Gasteiger partial charge >= 0.3 is 76.0 Å². The third kappa shape index (κ3) is 20.5. The number of morpholine rings is 2. The molecular weight excluding hydrogens is 1380 g/mol. The maximum absolute atomic E-state index is 12.6. The second kappa shape index (κ2) is 30.4. The molecule has 5 heterocycles. The molecule has 0 radical (unpaired) electrons. The Labute approximate surface area is 492 Å². The lowest BCUT2D eigenvalue weighted by atomic mass is 10.1. The Kier molecular flexibility index (Phi) is 30.1. The van der Waals surface area contributed by atoms with Crippen molar-refractivity contribution in [2.75, 3.05) is 92.4 Å². The molecule has 0 aliphatic carbocycles. The van der Waals surface area contributed by atoms with Gasteiger partial charge < -0.3 is 157 Å². The van der Waals surface area contributed by atoms with Gasteiger partial charge in [0.1, 0.15) is 26.2 Å². The van der Waals surface area contributed by atoms with Crippen LogP contribution in [0, 0.1) is 26.0 Å². The first kappa shape index (κ1) is 85.0. The quantitative estimate of drug-likeness (QED) is 0.0645. The molecule has 0 amide bonds.